The highest BCUT2D eigenvalue weighted by Crippen LogP contribution is 2.23. The van der Waals surface area contributed by atoms with Gasteiger partial charge >= 0.3 is 0 Å². The Morgan fingerprint density at radius 3 is 2.43 bits per heavy atom. The van der Waals surface area contributed by atoms with E-state index in [1.165, 1.54) is 16.1 Å². The molecule has 1 amide bonds. The lowest BCUT2D eigenvalue weighted by atomic mass is 10.1. The number of hydrogen-bond donors (Lipinski definition) is 0. The first-order chi connectivity index (χ1) is 16.7. The fourth-order valence-electron chi connectivity index (χ4n) is 4.33. The van der Waals surface area contributed by atoms with Crippen molar-refractivity contribution < 1.29 is 13.2 Å². The molecule has 0 aliphatic carbocycles. The maximum Gasteiger partial charge on any atom is 0.223 e. The average molecular weight is 627 g/mol. The van der Waals surface area contributed by atoms with Crippen LogP contribution in [0.25, 0.3) is 10.8 Å². The number of benzene rings is 2. The minimum atomic E-state index is -3.53. The third-order valence-corrected chi connectivity index (χ3v) is 10.6. The van der Waals surface area contributed by atoms with E-state index in [0.717, 1.165) is 39.6 Å². The van der Waals surface area contributed by atoms with Gasteiger partial charge in [-0.3, -0.25) is 14.7 Å². The minimum Gasteiger partial charge on any atom is -0.340 e. The van der Waals surface area contributed by atoms with Crippen molar-refractivity contribution in [2.45, 2.75) is 29.2 Å². The first-order valence-corrected chi connectivity index (χ1v) is 15.6. The maximum atomic E-state index is 12.9. The Kier molecular flexibility index (Phi) is 8.34. The lowest BCUT2D eigenvalue weighted by molar-refractivity contribution is -0.132. The lowest BCUT2D eigenvalue weighted by Crippen LogP contribution is -2.48. The molecule has 1 aliphatic rings. The first-order valence-electron chi connectivity index (χ1n) is 11.6. The summed E-state index contributed by atoms with van der Waals surface area (Å²) < 4.78 is 28.9. The lowest BCUT2D eigenvalue weighted by Gasteiger charge is -2.34. The second kappa shape index (κ2) is 11.1. The van der Waals surface area contributed by atoms with Gasteiger partial charge in [-0.2, -0.15) is 0 Å². The van der Waals surface area contributed by atoms with E-state index >= 15 is 0 Å². The molecular formula is C25H31IN4O3S2. The standard InChI is InChI=1S/C25H31IN4O3S2/c1-18-23(34-25(27-2)28(18)3)17-29-9-11-30(12-10-29)24(31)8-13-35(32,33)22-7-6-20-14-19(16-26)4-5-21(20)15-22/h4-7,14-15H,8-13,16-17H2,1-3H3. The molecule has 0 atom stereocenters. The summed E-state index contributed by atoms with van der Waals surface area (Å²) in [6.45, 7) is 5.76. The maximum absolute atomic E-state index is 12.9. The van der Waals surface area contributed by atoms with E-state index in [0.29, 0.717) is 13.1 Å². The molecule has 0 radical (unpaired) electrons. The van der Waals surface area contributed by atoms with E-state index in [9.17, 15) is 13.2 Å². The number of amides is 1. The predicted octanol–water partition coefficient (Wildman–Crippen LogP) is 3.52. The summed E-state index contributed by atoms with van der Waals surface area (Å²) in [7, 11) is 0.306. The summed E-state index contributed by atoms with van der Waals surface area (Å²) in [6, 6.07) is 11.3. The molecule has 0 saturated carbocycles. The highest BCUT2D eigenvalue weighted by atomic mass is 127. The van der Waals surface area contributed by atoms with Crippen LogP contribution < -0.4 is 4.80 Å². The number of alkyl halides is 1. The molecule has 3 aromatic rings. The number of aromatic nitrogens is 1. The van der Waals surface area contributed by atoms with Gasteiger partial charge in [0.1, 0.15) is 0 Å². The molecular weight excluding hydrogens is 595 g/mol. The van der Waals surface area contributed by atoms with Crippen LogP contribution >= 0.6 is 33.9 Å². The molecule has 188 valence electrons. The van der Waals surface area contributed by atoms with Gasteiger partial charge in [-0.25, -0.2) is 8.42 Å². The molecule has 1 fully saturated rings. The van der Waals surface area contributed by atoms with Crippen molar-refractivity contribution in [3.8, 4) is 0 Å². The number of halogens is 1. The summed E-state index contributed by atoms with van der Waals surface area (Å²) in [5.74, 6) is -0.260. The molecule has 2 aromatic carbocycles. The molecule has 4 rings (SSSR count). The van der Waals surface area contributed by atoms with Crippen LogP contribution in [0.5, 0.6) is 0 Å². The van der Waals surface area contributed by atoms with Crippen molar-refractivity contribution in [2.24, 2.45) is 12.0 Å². The van der Waals surface area contributed by atoms with E-state index in [2.05, 4.69) is 50.0 Å². The molecule has 0 N–H and O–H groups in total. The Morgan fingerprint density at radius 1 is 1.09 bits per heavy atom. The van der Waals surface area contributed by atoms with Gasteiger partial charge in [-0.1, -0.05) is 46.9 Å². The molecule has 0 spiro atoms. The van der Waals surface area contributed by atoms with Crippen LogP contribution in [0.3, 0.4) is 0 Å². The second-order valence-electron chi connectivity index (χ2n) is 8.88. The molecule has 1 saturated heterocycles. The van der Waals surface area contributed by atoms with E-state index in [-0.39, 0.29) is 23.0 Å². The summed E-state index contributed by atoms with van der Waals surface area (Å²) in [4.78, 5) is 23.8. The fraction of sp³-hybridized carbons (Fsp3) is 0.440. The number of rotatable bonds is 7. The summed E-state index contributed by atoms with van der Waals surface area (Å²) >= 11 is 4.02. The molecule has 0 bridgehead atoms. The second-order valence-corrected chi connectivity index (χ2v) is 12.8. The largest absolute Gasteiger partial charge is 0.340 e. The molecule has 1 aromatic heterocycles. The zero-order valence-electron chi connectivity index (χ0n) is 20.3. The van der Waals surface area contributed by atoms with Crippen molar-refractivity contribution >= 4 is 60.4 Å². The van der Waals surface area contributed by atoms with Crippen LogP contribution in [0.4, 0.5) is 0 Å². The highest BCUT2D eigenvalue weighted by Gasteiger charge is 2.24. The van der Waals surface area contributed by atoms with Crippen molar-refractivity contribution in [1.82, 2.24) is 14.4 Å². The zero-order chi connectivity index (χ0) is 25.2. The average Bonchev–Trinajstić information content (AvgIpc) is 3.14. The minimum absolute atomic E-state index is 0.00930. The van der Waals surface area contributed by atoms with Gasteiger partial charge in [0, 0.05) is 68.2 Å². The number of nitrogens with zero attached hydrogens (tertiary/aromatic N) is 4. The Bertz CT molecular complexity index is 1400. The summed E-state index contributed by atoms with van der Waals surface area (Å²) in [5, 5.41) is 1.93. The molecule has 7 nitrogen and oxygen atoms in total. The topological polar surface area (TPSA) is 75.0 Å². The van der Waals surface area contributed by atoms with Crippen LogP contribution in [-0.4, -0.2) is 67.7 Å². The summed E-state index contributed by atoms with van der Waals surface area (Å²) in [5.41, 5.74) is 2.43. The smallest absolute Gasteiger partial charge is 0.223 e. The third-order valence-electron chi connectivity index (χ3n) is 6.67. The quantitative estimate of drug-likeness (QED) is 0.297. The first kappa shape index (κ1) is 26.3. The van der Waals surface area contributed by atoms with Crippen LogP contribution in [0, 0.1) is 6.92 Å². The number of carbonyl (C=O) groups is 1. The van der Waals surface area contributed by atoms with E-state index in [1.54, 1.807) is 35.4 Å². The Labute approximate surface area is 224 Å². The third kappa shape index (κ3) is 5.98. The van der Waals surface area contributed by atoms with E-state index < -0.39 is 9.84 Å². The number of carbonyl (C=O) groups excluding carboxylic acids is 1. The summed E-state index contributed by atoms with van der Waals surface area (Å²) in [6.07, 6.45) is 0.00930. The number of piperazine rings is 1. The Hall–Kier alpha value is -1.76. The van der Waals surface area contributed by atoms with Crippen molar-refractivity contribution in [2.75, 3.05) is 39.0 Å². The number of hydrogen-bond acceptors (Lipinski definition) is 6. The number of sulfone groups is 1. The van der Waals surface area contributed by atoms with Crippen LogP contribution in [0.1, 0.15) is 22.6 Å². The van der Waals surface area contributed by atoms with Gasteiger partial charge in [0.05, 0.1) is 10.6 Å². The predicted molar refractivity (Wildman–Crippen MR) is 150 cm³/mol. The Morgan fingerprint density at radius 2 is 1.77 bits per heavy atom. The van der Waals surface area contributed by atoms with Crippen molar-refractivity contribution in [3.63, 3.8) is 0 Å². The molecule has 35 heavy (non-hydrogen) atoms. The van der Waals surface area contributed by atoms with Crippen LogP contribution in [0.2, 0.25) is 0 Å². The van der Waals surface area contributed by atoms with E-state index in [4.69, 9.17) is 0 Å². The molecule has 0 unspecified atom stereocenters. The monoisotopic (exact) mass is 626 g/mol. The number of fused-ring (bicyclic) bond motifs is 1. The molecule has 10 heteroatoms. The van der Waals surface area contributed by atoms with Gasteiger partial charge < -0.3 is 9.47 Å². The van der Waals surface area contributed by atoms with Gasteiger partial charge in [0.15, 0.2) is 14.6 Å². The fourth-order valence-corrected chi connectivity index (χ4v) is 7.18. The van der Waals surface area contributed by atoms with Gasteiger partial charge in [-0.05, 0) is 35.4 Å². The number of thiazole rings is 1. The molecule has 2 heterocycles. The van der Waals surface area contributed by atoms with E-state index in [1.807, 2.05) is 25.2 Å². The molecule has 1 aliphatic heterocycles. The normalized spacial score (nSPS) is 15.8. The zero-order valence-corrected chi connectivity index (χ0v) is 24.1. The Balaban J connectivity index is 1.32. The van der Waals surface area contributed by atoms with Gasteiger partial charge in [-0.15, -0.1) is 11.3 Å². The van der Waals surface area contributed by atoms with Crippen LogP contribution in [0.15, 0.2) is 46.3 Å². The van der Waals surface area contributed by atoms with Gasteiger partial charge in [0.2, 0.25) is 5.91 Å². The van der Waals surface area contributed by atoms with Crippen molar-refractivity contribution in [3.05, 3.63) is 57.3 Å². The van der Waals surface area contributed by atoms with Crippen molar-refractivity contribution in [1.29, 1.82) is 0 Å². The van der Waals surface area contributed by atoms with Crippen LogP contribution in [-0.2, 0) is 32.7 Å². The highest BCUT2D eigenvalue weighted by molar-refractivity contribution is 14.1. The van der Waals surface area contributed by atoms with Gasteiger partial charge in [0.25, 0.3) is 0 Å². The SMILES string of the molecule is CN=c1sc(CN2CCN(C(=O)CCS(=O)(=O)c3ccc4cc(CI)ccc4c3)CC2)c(C)n1C.